The monoisotopic (exact) mass is 373 g/mol. The van der Waals surface area contributed by atoms with Crippen LogP contribution >= 0.6 is 11.8 Å². The molecule has 0 aliphatic heterocycles. The van der Waals surface area contributed by atoms with E-state index in [0.29, 0.717) is 17.1 Å². The predicted molar refractivity (Wildman–Crippen MR) is 105 cm³/mol. The van der Waals surface area contributed by atoms with Gasteiger partial charge in [0.15, 0.2) is 0 Å². The SMILES string of the molecule is CC(Sc1nnc(C2CCCCC2)o1)C(=O)Nc1ccc(C(C)C)cc1. The highest BCUT2D eigenvalue weighted by atomic mass is 32.2. The summed E-state index contributed by atoms with van der Waals surface area (Å²) >= 11 is 1.31. The third kappa shape index (κ3) is 4.87. The van der Waals surface area contributed by atoms with Gasteiger partial charge in [0.2, 0.25) is 11.8 Å². The molecule has 1 aliphatic carbocycles. The van der Waals surface area contributed by atoms with Crippen LogP contribution in [-0.2, 0) is 4.79 Å². The molecule has 1 unspecified atom stereocenters. The molecular formula is C20H27N3O2S. The Labute approximate surface area is 159 Å². The third-order valence-electron chi connectivity index (χ3n) is 4.87. The molecule has 0 spiro atoms. The summed E-state index contributed by atoms with van der Waals surface area (Å²) < 4.78 is 5.80. The van der Waals surface area contributed by atoms with Crippen LogP contribution in [0.4, 0.5) is 5.69 Å². The molecule has 0 bridgehead atoms. The molecule has 1 N–H and O–H groups in total. The van der Waals surface area contributed by atoms with Gasteiger partial charge in [0.25, 0.3) is 5.22 Å². The average Bonchev–Trinajstić information content (AvgIpc) is 3.11. The Bertz CT molecular complexity index is 721. The zero-order chi connectivity index (χ0) is 18.5. The number of amides is 1. The second-order valence-corrected chi connectivity index (χ2v) is 8.56. The first kappa shape index (κ1) is 19.0. The topological polar surface area (TPSA) is 68.0 Å². The molecule has 1 aromatic carbocycles. The molecule has 26 heavy (non-hydrogen) atoms. The fraction of sp³-hybridized carbons (Fsp3) is 0.550. The van der Waals surface area contributed by atoms with Crippen molar-refractivity contribution in [2.24, 2.45) is 0 Å². The van der Waals surface area contributed by atoms with E-state index in [1.807, 2.05) is 31.2 Å². The largest absolute Gasteiger partial charge is 0.416 e. The van der Waals surface area contributed by atoms with Crippen LogP contribution in [0.2, 0.25) is 0 Å². The summed E-state index contributed by atoms with van der Waals surface area (Å²) in [5.74, 6) is 1.52. The maximum atomic E-state index is 12.4. The average molecular weight is 374 g/mol. The van der Waals surface area contributed by atoms with Crippen LogP contribution in [-0.4, -0.2) is 21.4 Å². The van der Waals surface area contributed by atoms with Crippen molar-refractivity contribution < 1.29 is 9.21 Å². The first-order valence-electron chi connectivity index (χ1n) is 9.44. The molecular weight excluding hydrogens is 346 g/mol. The van der Waals surface area contributed by atoms with Crippen LogP contribution in [0.5, 0.6) is 0 Å². The lowest BCUT2D eigenvalue weighted by Gasteiger charge is -2.17. The van der Waals surface area contributed by atoms with Gasteiger partial charge in [-0.15, -0.1) is 10.2 Å². The number of carbonyl (C=O) groups is 1. The maximum Gasteiger partial charge on any atom is 0.277 e. The Morgan fingerprint density at radius 1 is 1.12 bits per heavy atom. The highest BCUT2D eigenvalue weighted by Crippen LogP contribution is 2.33. The normalized spacial score (nSPS) is 16.6. The van der Waals surface area contributed by atoms with Gasteiger partial charge in [-0.25, -0.2) is 0 Å². The van der Waals surface area contributed by atoms with Crippen molar-refractivity contribution in [3.63, 3.8) is 0 Å². The van der Waals surface area contributed by atoms with Crippen LogP contribution in [0.15, 0.2) is 33.9 Å². The van der Waals surface area contributed by atoms with Crippen molar-refractivity contribution in [3.05, 3.63) is 35.7 Å². The fourth-order valence-corrected chi connectivity index (χ4v) is 3.87. The molecule has 0 radical (unpaired) electrons. The number of thioether (sulfide) groups is 1. The van der Waals surface area contributed by atoms with Crippen molar-refractivity contribution in [2.45, 2.75) is 75.2 Å². The number of nitrogens with one attached hydrogen (secondary N) is 1. The van der Waals surface area contributed by atoms with Crippen molar-refractivity contribution in [1.29, 1.82) is 0 Å². The number of carbonyl (C=O) groups excluding carboxylic acids is 1. The molecule has 1 aromatic heterocycles. The molecule has 5 nitrogen and oxygen atoms in total. The predicted octanol–water partition coefficient (Wildman–Crippen LogP) is 5.36. The van der Waals surface area contributed by atoms with Gasteiger partial charge in [0, 0.05) is 11.6 Å². The Kier molecular flexibility index (Phi) is 6.35. The van der Waals surface area contributed by atoms with Crippen molar-refractivity contribution in [2.75, 3.05) is 5.32 Å². The van der Waals surface area contributed by atoms with E-state index in [1.165, 1.54) is 36.6 Å². The standard InChI is InChI=1S/C20H27N3O2S/c1-13(2)15-9-11-17(12-10-15)21-18(24)14(3)26-20-23-22-19(25-20)16-7-5-4-6-8-16/h9-14,16H,4-8H2,1-3H3,(H,21,24). The molecule has 3 rings (SSSR count). The van der Waals surface area contributed by atoms with Gasteiger partial charge in [-0.05, 0) is 43.4 Å². The zero-order valence-corrected chi connectivity index (χ0v) is 16.5. The molecule has 1 aliphatic rings. The third-order valence-corrected chi connectivity index (χ3v) is 5.80. The highest BCUT2D eigenvalue weighted by molar-refractivity contribution is 8.00. The maximum absolute atomic E-state index is 12.4. The number of anilines is 1. The minimum absolute atomic E-state index is 0.0651. The number of rotatable bonds is 6. The van der Waals surface area contributed by atoms with E-state index in [-0.39, 0.29) is 11.2 Å². The van der Waals surface area contributed by atoms with Gasteiger partial charge < -0.3 is 9.73 Å². The van der Waals surface area contributed by atoms with Gasteiger partial charge >= 0.3 is 0 Å². The van der Waals surface area contributed by atoms with Gasteiger partial charge in [0.1, 0.15) is 0 Å². The Morgan fingerprint density at radius 2 is 1.81 bits per heavy atom. The summed E-state index contributed by atoms with van der Waals surface area (Å²) in [6.07, 6.45) is 5.99. The summed E-state index contributed by atoms with van der Waals surface area (Å²) in [7, 11) is 0. The molecule has 0 saturated heterocycles. The van der Waals surface area contributed by atoms with E-state index in [9.17, 15) is 4.79 Å². The van der Waals surface area contributed by atoms with Crippen LogP contribution in [0.25, 0.3) is 0 Å². The second-order valence-electron chi connectivity index (χ2n) is 7.27. The van der Waals surface area contributed by atoms with Gasteiger partial charge in [-0.2, -0.15) is 0 Å². The summed E-state index contributed by atoms with van der Waals surface area (Å²) in [6.45, 7) is 6.16. The number of hydrogen-bond donors (Lipinski definition) is 1. The first-order valence-corrected chi connectivity index (χ1v) is 10.3. The van der Waals surface area contributed by atoms with Gasteiger partial charge in [-0.3, -0.25) is 4.79 Å². The molecule has 2 aromatic rings. The summed E-state index contributed by atoms with van der Waals surface area (Å²) in [6, 6.07) is 7.98. The van der Waals surface area contributed by atoms with E-state index in [2.05, 4.69) is 29.4 Å². The van der Waals surface area contributed by atoms with Gasteiger partial charge in [-0.1, -0.05) is 57.0 Å². The molecule has 1 amide bonds. The van der Waals surface area contributed by atoms with Crippen molar-refractivity contribution in [3.8, 4) is 0 Å². The highest BCUT2D eigenvalue weighted by Gasteiger charge is 2.23. The minimum Gasteiger partial charge on any atom is -0.416 e. The molecule has 1 atom stereocenters. The van der Waals surface area contributed by atoms with Crippen molar-refractivity contribution >= 4 is 23.4 Å². The lowest BCUT2D eigenvalue weighted by molar-refractivity contribution is -0.115. The minimum atomic E-state index is -0.306. The summed E-state index contributed by atoms with van der Waals surface area (Å²) in [5.41, 5.74) is 2.06. The van der Waals surface area contributed by atoms with E-state index in [1.54, 1.807) is 0 Å². The Hall–Kier alpha value is -1.82. The number of hydrogen-bond acceptors (Lipinski definition) is 5. The van der Waals surface area contributed by atoms with E-state index in [0.717, 1.165) is 24.4 Å². The molecule has 1 saturated carbocycles. The number of aromatic nitrogens is 2. The Morgan fingerprint density at radius 3 is 2.46 bits per heavy atom. The van der Waals surface area contributed by atoms with Gasteiger partial charge in [0.05, 0.1) is 5.25 Å². The number of nitrogens with zero attached hydrogens (tertiary/aromatic N) is 2. The summed E-state index contributed by atoms with van der Waals surface area (Å²) in [5, 5.41) is 11.4. The lowest BCUT2D eigenvalue weighted by atomic mass is 9.89. The molecule has 1 heterocycles. The van der Waals surface area contributed by atoms with Crippen molar-refractivity contribution in [1.82, 2.24) is 10.2 Å². The molecule has 6 heteroatoms. The second kappa shape index (κ2) is 8.71. The van der Waals surface area contributed by atoms with Crippen LogP contribution in [0.3, 0.4) is 0 Å². The van der Waals surface area contributed by atoms with E-state index >= 15 is 0 Å². The first-order chi connectivity index (χ1) is 12.5. The van der Waals surface area contributed by atoms with E-state index in [4.69, 9.17) is 4.42 Å². The Balaban J connectivity index is 1.54. The molecule has 140 valence electrons. The lowest BCUT2D eigenvalue weighted by Crippen LogP contribution is -2.22. The van der Waals surface area contributed by atoms with Crippen LogP contribution < -0.4 is 5.32 Å². The smallest absolute Gasteiger partial charge is 0.277 e. The quantitative estimate of drug-likeness (QED) is 0.690. The number of benzene rings is 1. The molecule has 1 fully saturated rings. The van der Waals surface area contributed by atoms with Crippen LogP contribution in [0, 0.1) is 0 Å². The van der Waals surface area contributed by atoms with E-state index < -0.39 is 0 Å². The zero-order valence-electron chi connectivity index (χ0n) is 15.7. The van der Waals surface area contributed by atoms with Crippen LogP contribution in [0.1, 0.15) is 76.2 Å². The fourth-order valence-electron chi connectivity index (χ4n) is 3.18. The summed E-state index contributed by atoms with van der Waals surface area (Å²) in [4.78, 5) is 12.4.